The van der Waals surface area contributed by atoms with Crippen molar-refractivity contribution >= 4 is 45.8 Å². The van der Waals surface area contributed by atoms with E-state index in [4.69, 9.17) is 5.11 Å². The molecule has 9 heteroatoms. The summed E-state index contributed by atoms with van der Waals surface area (Å²) in [7, 11) is 0. The second kappa shape index (κ2) is 8.75. The number of hydrogen-bond acceptors (Lipinski definition) is 6. The van der Waals surface area contributed by atoms with Crippen molar-refractivity contribution in [3.8, 4) is 0 Å². The maximum atomic E-state index is 13.0. The lowest BCUT2D eigenvalue weighted by Gasteiger charge is -2.12. The zero-order valence-electron chi connectivity index (χ0n) is 15.9. The Bertz CT molecular complexity index is 1110. The molecule has 30 heavy (non-hydrogen) atoms. The van der Waals surface area contributed by atoms with Crippen LogP contribution in [0.2, 0.25) is 0 Å². The van der Waals surface area contributed by atoms with Crippen molar-refractivity contribution in [3.63, 3.8) is 0 Å². The van der Waals surface area contributed by atoms with E-state index >= 15 is 0 Å². The number of carbonyl (C=O) groups excluding carboxylic acids is 1. The molecule has 152 valence electrons. The second-order valence-electron chi connectivity index (χ2n) is 6.31. The molecule has 0 aromatic heterocycles. The van der Waals surface area contributed by atoms with Gasteiger partial charge in [0.15, 0.2) is 5.17 Å². The summed E-state index contributed by atoms with van der Waals surface area (Å²) in [5.41, 5.74) is 1.83. The number of non-ortho nitro benzene ring substituents is 1. The lowest BCUT2D eigenvalue weighted by Crippen LogP contribution is -2.29. The molecule has 0 unspecified atom stereocenters. The van der Waals surface area contributed by atoms with Gasteiger partial charge in [0.2, 0.25) is 0 Å². The van der Waals surface area contributed by atoms with Crippen molar-refractivity contribution < 1.29 is 19.6 Å². The predicted octanol–water partition coefficient (Wildman–Crippen LogP) is 4.47. The molecule has 1 amide bonds. The number of nitro groups is 1. The Morgan fingerprint density at radius 1 is 1.27 bits per heavy atom. The van der Waals surface area contributed by atoms with Crippen molar-refractivity contribution in [2.45, 2.75) is 6.92 Å². The highest BCUT2D eigenvalue weighted by Crippen LogP contribution is 2.38. The molecule has 0 saturated carbocycles. The molecular weight excluding hydrogens is 406 g/mol. The maximum absolute atomic E-state index is 13.0. The number of aromatic carboxylic acids is 1. The van der Waals surface area contributed by atoms with Crippen molar-refractivity contribution in [1.82, 2.24) is 4.90 Å². The smallest absolute Gasteiger partial charge is 0.335 e. The zero-order chi connectivity index (χ0) is 21.8. The van der Waals surface area contributed by atoms with E-state index in [-0.39, 0.29) is 23.7 Å². The fourth-order valence-corrected chi connectivity index (χ4v) is 3.86. The summed E-state index contributed by atoms with van der Waals surface area (Å²) in [6.07, 6.45) is 1.58. The van der Waals surface area contributed by atoms with Crippen molar-refractivity contribution in [2.75, 3.05) is 6.54 Å². The van der Waals surface area contributed by atoms with E-state index < -0.39 is 10.9 Å². The van der Waals surface area contributed by atoms with Crippen LogP contribution in [0, 0.1) is 10.1 Å². The summed E-state index contributed by atoms with van der Waals surface area (Å²) in [4.78, 5) is 40.9. The number of allylic oxidation sites excluding steroid dienone is 1. The molecule has 0 aliphatic carbocycles. The van der Waals surface area contributed by atoms with Gasteiger partial charge in [-0.2, -0.15) is 0 Å². The van der Waals surface area contributed by atoms with Gasteiger partial charge in [-0.15, -0.1) is 6.58 Å². The molecule has 0 atom stereocenters. The molecule has 3 rings (SSSR count). The van der Waals surface area contributed by atoms with Crippen LogP contribution >= 0.6 is 11.8 Å². The Balaban J connectivity index is 2.00. The number of carboxylic acids is 1. The highest BCUT2D eigenvalue weighted by Gasteiger charge is 2.34. The predicted molar refractivity (Wildman–Crippen MR) is 116 cm³/mol. The Labute approximate surface area is 176 Å². The lowest BCUT2D eigenvalue weighted by atomic mass is 10.1. The van der Waals surface area contributed by atoms with Crippen LogP contribution in [0.4, 0.5) is 11.4 Å². The van der Waals surface area contributed by atoms with Crippen molar-refractivity contribution in [3.05, 3.63) is 87.3 Å². The van der Waals surface area contributed by atoms with Gasteiger partial charge >= 0.3 is 5.97 Å². The first-order valence-electron chi connectivity index (χ1n) is 8.80. The third-order valence-corrected chi connectivity index (χ3v) is 5.52. The maximum Gasteiger partial charge on any atom is 0.335 e. The van der Waals surface area contributed by atoms with Crippen LogP contribution in [0.25, 0.3) is 5.57 Å². The van der Waals surface area contributed by atoms with E-state index in [1.54, 1.807) is 37.3 Å². The quantitative estimate of drug-likeness (QED) is 0.317. The molecule has 2 aromatic rings. The van der Waals surface area contributed by atoms with E-state index in [1.165, 1.54) is 40.9 Å². The van der Waals surface area contributed by atoms with Crippen molar-refractivity contribution in [2.24, 2.45) is 4.99 Å². The molecular formula is C21H17N3O5S. The van der Waals surface area contributed by atoms with Crippen molar-refractivity contribution in [1.29, 1.82) is 0 Å². The summed E-state index contributed by atoms with van der Waals surface area (Å²) in [5.74, 6) is -1.33. The number of nitrogens with zero attached hydrogens (tertiary/aromatic N) is 3. The number of carbonyl (C=O) groups is 2. The molecule has 1 aliphatic rings. The number of rotatable bonds is 6. The van der Waals surface area contributed by atoms with E-state index in [9.17, 15) is 19.7 Å². The first-order chi connectivity index (χ1) is 14.3. The monoisotopic (exact) mass is 423 g/mol. The minimum Gasteiger partial charge on any atom is -0.478 e. The van der Waals surface area contributed by atoms with Gasteiger partial charge in [-0.25, -0.2) is 9.79 Å². The van der Waals surface area contributed by atoms with Gasteiger partial charge in [0, 0.05) is 18.7 Å². The molecule has 1 saturated heterocycles. The van der Waals surface area contributed by atoms with Gasteiger partial charge < -0.3 is 5.11 Å². The number of benzene rings is 2. The molecule has 0 radical (unpaired) electrons. The van der Waals surface area contributed by atoms with Crippen LogP contribution in [0.5, 0.6) is 0 Å². The van der Waals surface area contributed by atoms with Crippen LogP contribution < -0.4 is 0 Å². The average Bonchev–Trinajstić information content (AvgIpc) is 3.03. The van der Waals surface area contributed by atoms with Crippen LogP contribution in [0.1, 0.15) is 22.8 Å². The number of carboxylic acid groups (broad SMARTS) is 1. The largest absolute Gasteiger partial charge is 0.478 e. The van der Waals surface area contributed by atoms with Crippen LogP contribution in [-0.4, -0.2) is 38.5 Å². The number of amides is 1. The molecule has 0 spiro atoms. The molecule has 1 heterocycles. The minimum absolute atomic E-state index is 0.0317. The number of nitro benzene ring substituents is 1. The molecule has 1 fully saturated rings. The summed E-state index contributed by atoms with van der Waals surface area (Å²) in [6, 6.07) is 12.1. The minimum atomic E-state index is -1.07. The van der Waals surface area contributed by atoms with Crippen LogP contribution in [-0.2, 0) is 4.79 Å². The molecule has 8 nitrogen and oxygen atoms in total. The van der Waals surface area contributed by atoms with E-state index in [0.29, 0.717) is 26.9 Å². The lowest BCUT2D eigenvalue weighted by molar-refractivity contribution is -0.384. The third-order valence-electron chi connectivity index (χ3n) is 4.34. The average molecular weight is 423 g/mol. The Hall–Kier alpha value is -3.72. The van der Waals surface area contributed by atoms with Gasteiger partial charge in [0.25, 0.3) is 11.6 Å². The molecule has 1 N–H and O–H groups in total. The number of aliphatic imine (C=N–C) groups is 1. The highest BCUT2D eigenvalue weighted by atomic mass is 32.2. The molecule has 2 aromatic carbocycles. The van der Waals surface area contributed by atoms with Gasteiger partial charge in [-0.3, -0.25) is 19.8 Å². The standard InChI is InChI=1S/C21H17N3O5S/c1-3-11-23-19(25)18(13(2)14-7-9-17(10-8-14)24(28)29)30-21(23)22-16-6-4-5-15(12-16)20(26)27/h3-10,12H,1,11H2,2H3,(H,26,27)/b18-13-,22-21?. The molecule has 1 aliphatic heterocycles. The summed E-state index contributed by atoms with van der Waals surface area (Å²) in [6.45, 7) is 5.68. The second-order valence-corrected chi connectivity index (χ2v) is 7.29. The Morgan fingerprint density at radius 2 is 1.97 bits per heavy atom. The fourth-order valence-electron chi connectivity index (χ4n) is 2.79. The number of thioether (sulfide) groups is 1. The summed E-state index contributed by atoms with van der Waals surface area (Å²) < 4.78 is 0. The van der Waals surface area contributed by atoms with E-state index in [1.807, 2.05) is 0 Å². The topological polar surface area (TPSA) is 113 Å². The number of hydrogen-bond donors (Lipinski definition) is 1. The summed E-state index contributed by atoms with van der Waals surface area (Å²) >= 11 is 1.17. The highest BCUT2D eigenvalue weighted by molar-refractivity contribution is 8.18. The fraction of sp³-hybridized carbons (Fsp3) is 0.0952. The summed E-state index contributed by atoms with van der Waals surface area (Å²) in [5, 5.41) is 20.4. The Kier molecular flexibility index (Phi) is 6.12. The first kappa shape index (κ1) is 21.0. The van der Waals surface area contributed by atoms with Gasteiger partial charge in [0.05, 0.1) is 21.1 Å². The van der Waals surface area contributed by atoms with Gasteiger partial charge in [0.1, 0.15) is 0 Å². The third kappa shape index (κ3) is 4.31. The first-order valence-corrected chi connectivity index (χ1v) is 9.62. The van der Waals surface area contributed by atoms with E-state index in [0.717, 1.165) is 0 Å². The van der Waals surface area contributed by atoms with Crippen LogP contribution in [0.3, 0.4) is 0 Å². The normalized spacial score (nSPS) is 16.6. The zero-order valence-corrected chi connectivity index (χ0v) is 16.8. The van der Waals surface area contributed by atoms with Crippen LogP contribution in [0.15, 0.2) is 71.1 Å². The SMILES string of the molecule is C=CCN1C(=O)/C(=C(\C)c2ccc([N+](=O)[O-])cc2)SC1=Nc1cccc(C(=O)O)c1. The van der Waals surface area contributed by atoms with Gasteiger partial charge in [-0.05, 0) is 60.2 Å². The Morgan fingerprint density at radius 3 is 2.57 bits per heavy atom. The van der Waals surface area contributed by atoms with E-state index in [2.05, 4.69) is 11.6 Å². The molecule has 0 bridgehead atoms. The van der Waals surface area contributed by atoms with Gasteiger partial charge in [-0.1, -0.05) is 12.1 Å². The number of amidine groups is 1.